The maximum absolute atomic E-state index is 11.9. The molecule has 1 aromatic carbocycles. The van der Waals surface area contributed by atoms with Crippen molar-refractivity contribution in [2.24, 2.45) is 0 Å². The molecule has 0 fully saturated rings. The predicted octanol–water partition coefficient (Wildman–Crippen LogP) is 0.0744. The second-order valence-electron chi connectivity index (χ2n) is 3.72. The summed E-state index contributed by atoms with van der Waals surface area (Å²) < 4.78 is 36.3. The number of benzene rings is 1. The number of fused-ring (bicyclic) bond motifs is 1. The van der Waals surface area contributed by atoms with Crippen LogP contribution in [0.5, 0.6) is 11.5 Å². The van der Waals surface area contributed by atoms with E-state index in [2.05, 4.69) is 4.72 Å². The standard InChI is InChI=1S/C10H13NO5S/c1-7(5-12)11-17(13,14)8-2-3-9-10(4-8)16-6-15-9/h2-4,7,11-12H,5-6H2,1H3/t7-/m1/s1. The lowest BCUT2D eigenvalue weighted by atomic mass is 10.3. The van der Waals surface area contributed by atoms with E-state index in [4.69, 9.17) is 14.6 Å². The fourth-order valence-corrected chi connectivity index (χ4v) is 2.66. The Bertz CT molecular complexity index is 513. The Morgan fingerprint density at radius 1 is 1.41 bits per heavy atom. The first-order chi connectivity index (χ1) is 8.03. The zero-order chi connectivity index (χ0) is 12.5. The van der Waals surface area contributed by atoms with Gasteiger partial charge in [-0.05, 0) is 19.1 Å². The second kappa shape index (κ2) is 4.52. The van der Waals surface area contributed by atoms with Crippen LogP contribution in [0.3, 0.4) is 0 Å². The van der Waals surface area contributed by atoms with Gasteiger partial charge in [-0.2, -0.15) is 0 Å². The molecule has 1 aliphatic heterocycles. The van der Waals surface area contributed by atoms with Crippen LogP contribution in [0.1, 0.15) is 6.92 Å². The Balaban J connectivity index is 2.28. The molecule has 1 aliphatic rings. The molecular formula is C10H13NO5S. The number of hydrogen-bond donors (Lipinski definition) is 2. The summed E-state index contributed by atoms with van der Waals surface area (Å²) in [6.07, 6.45) is 0. The van der Waals surface area contributed by atoms with Gasteiger partial charge in [0.15, 0.2) is 11.5 Å². The highest BCUT2D eigenvalue weighted by Gasteiger charge is 2.21. The highest BCUT2D eigenvalue weighted by atomic mass is 32.2. The highest BCUT2D eigenvalue weighted by Crippen LogP contribution is 2.33. The Kier molecular flexibility index (Phi) is 3.23. The lowest BCUT2D eigenvalue weighted by molar-refractivity contribution is 0.174. The summed E-state index contributed by atoms with van der Waals surface area (Å²) in [6, 6.07) is 3.83. The number of aliphatic hydroxyl groups excluding tert-OH is 1. The first-order valence-corrected chi connectivity index (χ1v) is 6.54. The van der Waals surface area contributed by atoms with E-state index < -0.39 is 16.1 Å². The van der Waals surface area contributed by atoms with Crippen molar-refractivity contribution in [3.8, 4) is 11.5 Å². The van der Waals surface area contributed by atoms with Crippen molar-refractivity contribution >= 4 is 10.0 Å². The van der Waals surface area contributed by atoms with E-state index in [9.17, 15) is 8.42 Å². The van der Waals surface area contributed by atoms with Crippen LogP contribution in [0.4, 0.5) is 0 Å². The number of rotatable bonds is 4. The summed E-state index contributed by atoms with van der Waals surface area (Å²) in [5.41, 5.74) is 0. The van der Waals surface area contributed by atoms with Crippen LogP contribution in [0.25, 0.3) is 0 Å². The zero-order valence-corrected chi connectivity index (χ0v) is 10.0. The van der Waals surface area contributed by atoms with Gasteiger partial charge in [0.05, 0.1) is 11.5 Å². The minimum Gasteiger partial charge on any atom is -0.454 e. The molecule has 94 valence electrons. The normalized spacial score (nSPS) is 15.9. The van der Waals surface area contributed by atoms with E-state index in [1.165, 1.54) is 12.1 Å². The Morgan fingerprint density at radius 3 is 2.82 bits per heavy atom. The summed E-state index contributed by atoms with van der Waals surface area (Å²) in [5.74, 6) is 0.934. The van der Waals surface area contributed by atoms with Crippen molar-refractivity contribution in [1.82, 2.24) is 4.72 Å². The van der Waals surface area contributed by atoms with Gasteiger partial charge in [-0.25, -0.2) is 13.1 Å². The number of nitrogens with one attached hydrogen (secondary N) is 1. The van der Waals surface area contributed by atoms with Gasteiger partial charge in [0.1, 0.15) is 0 Å². The predicted molar refractivity (Wildman–Crippen MR) is 59.4 cm³/mol. The summed E-state index contributed by atoms with van der Waals surface area (Å²) in [5, 5.41) is 8.83. The van der Waals surface area contributed by atoms with Crippen LogP contribution in [0.15, 0.2) is 23.1 Å². The minimum absolute atomic E-state index is 0.0852. The monoisotopic (exact) mass is 259 g/mol. The molecule has 0 amide bonds. The topological polar surface area (TPSA) is 84.9 Å². The number of aliphatic hydroxyl groups is 1. The van der Waals surface area contributed by atoms with Crippen molar-refractivity contribution in [3.05, 3.63) is 18.2 Å². The number of hydrogen-bond acceptors (Lipinski definition) is 5. The molecule has 0 aromatic heterocycles. The van der Waals surface area contributed by atoms with E-state index in [1.54, 1.807) is 13.0 Å². The zero-order valence-electron chi connectivity index (χ0n) is 9.21. The largest absolute Gasteiger partial charge is 0.454 e. The van der Waals surface area contributed by atoms with E-state index in [0.717, 1.165) is 0 Å². The van der Waals surface area contributed by atoms with Gasteiger partial charge < -0.3 is 14.6 Å². The van der Waals surface area contributed by atoms with Gasteiger partial charge in [-0.15, -0.1) is 0 Å². The van der Waals surface area contributed by atoms with Gasteiger partial charge in [0, 0.05) is 12.1 Å². The van der Waals surface area contributed by atoms with E-state index in [1.807, 2.05) is 0 Å². The molecule has 1 atom stereocenters. The first-order valence-electron chi connectivity index (χ1n) is 5.06. The molecule has 0 unspecified atom stereocenters. The quantitative estimate of drug-likeness (QED) is 0.799. The molecule has 0 spiro atoms. The fourth-order valence-electron chi connectivity index (χ4n) is 1.41. The number of ether oxygens (including phenoxy) is 2. The molecule has 1 aromatic rings. The molecule has 17 heavy (non-hydrogen) atoms. The van der Waals surface area contributed by atoms with Crippen LogP contribution in [0, 0.1) is 0 Å². The average Bonchev–Trinajstić information content (AvgIpc) is 2.75. The van der Waals surface area contributed by atoms with Crippen molar-refractivity contribution < 1.29 is 23.0 Å². The molecule has 0 aliphatic carbocycles. The molecule has 2 rings (SSSR count). The molecule has 1 heterocycles. The average molecular weight is 259 g/mol. The maximum atomic E-state index is 11.9. The molecule has 7 heteroatoms. The van der Waals surface area contributed by atoms with Crippen LogP contribution in [-0.2, 0) is 10.0 Å². The van der Waals surface area contributed by atoms with Crippen LogP contribution >= 0.6 is 0 Å². The maximum Gasteiger partial charge on any atom is 0.241 e. The Labute approximate surface area is 99.2 Å². The van der Waals surface area contributed by atoms with Gasteiger partial charge in [-0.1, -0.05) is 0 Å². The van der Waals surface area contributed by atoms with Crippen molar-refractivity contribution in [3.63, 3.8) is 0 Å². The second-order valence-corrected chi connectivity index (χ2v) is 5.43. The third kappa shape index (κ3) is 2.51. The smallest absolute Gasteiger partial charge is 0.241 e. The first kappa shape index (κ1) is 12.2. The molecule has 2 N–H and O–H groups in total. The van der Waals surface area contributed by atoms with E-state index >= 15 is 0 Å². The Morgan fingerprint density at radius 2 is 2.12 bits per heavy atom. The molecule has 0 radical (unpaired) electrons. The van der Waals surface area contributed by atoms with Gasteiger partial charge >= 0.3 is 0 Å². The van der Waals surface area contributed by atoms with E-state index in [-0.39, 0.29) is 18.3 Å². The Hall–Kier alpha value is -1.31. The highest BCUT2D eigenvalue weighted by molar-refractivity contribution is 7.89. The van der Waals surface area contributed by atoms with Crippen molar-refractivity contribution in [1.29, 1.82) is 0 Å². The summed E-state index contributed by atoms with van der Waals surface area (Å²) in [7, 11) is -3.64. The van der Waals surface area contributed by atoms with Crippen molar-refractivity contribution in [2.75, 3.05) is 13.4 Å². The summed E-state index contributed by atoms with van der Waals surface area (Å²) >= 11 is 0. The lowest BCUT2D eigenvalue weighted by Crippen LogP contribution is -2.34. The van der Waals surface area contributed by atoms with Gasteiger partial charge in [-0.3, -0.25) is 0 Å². The lowest BCUT2D eigenvalue weighted by Gasteiger charge is -2.11. The van der Waals surface area contributed by atoms with Crippen molar-refractivity contribution in [2.45, 2.75) is 17.9 Å². The SMILES string of the molecule is C[C@H](CO)NS(=O)(=O)c1ccc2c(c1)OCO2. The molecule has 0 saturated heterocycles. The molecular weight excluding hydrogens is 246 g/mol. The van der Waals surface area contributed by atoms with Gasteiger partial charge in [0.2, 0.25) is 16.8 Å². The van der Waals surface area contributed by atoms with Crippen LogP contribution < -0.4 is 14.2 Å². The minimum atomic E-state index is -3.64. The molecule has 6 nitrogen and oxygen atoms in total. The third-order valence-electron chi connectivity index (χ3n) is 2.28. The van der Waals surface area contributed by atoms with E-state index in [0.29, 0.717) is 11.5 Å². The molecule has 0 saturated carbocycles. The fraction of sp³-hybridized carbons (Fsp3) is 0.400. The molecule has 0 bridgehead atoms. The summed E-state index contributed by atoms with van der Waals surface area (Å²) in [4.78, 5) is 0.0852. The van der Waals surface area contributed by atoms with Crippen LogP contribution in [0.2, 0.25) is 0 Å². The number of sulfonamides is 1. The summed E-state index contributed by atoms with van der Waals surface area (Å²) in [6.45, 7) is 1.41. The van der Waals surface area contributed by atoms with Crippen LogP contribution in [-0.4, -0.2) is 33.0 Å². The van der Waals surface area contributed by atoms with Gasteiger partial charge in [0.25, 0.3) is 0 Å². The third-order valence-corrected chi connectivity index (χ3v) is 3.87.